The topological polar surface area (TPSA) is 60.5 Å². The molecule has 1 amide bonds. The number of nitrogens with zero attached hydrogens (tertiary/aromatic N) is 1. The highest BCUT2D eigenvalue weighted by atomic mass is 35.5. The number of carbonyl (C=O) groups is 1. The fourth-order valence-electron chi connectivity index (χ4n) is 1.74. The summed E-state index contributed by atoms with van der Waals surface area (Å²) in [5.74, 6) is 0.652. The lowest BCUT2D eigenvalue weighted by Crippen LogP contribution is -2.11. The third kappa shape index (κ3) is 4.26. The molecule has 1 heterocycles. The van der Waals surface area contributed by atoms with Crippen LogP contribution in [0.5, 0.6) is 5.75 Å². The summed E-state index contributed by atoms with van der Waals surface area (Å²) in [5, 5.41) is 3.26. The molecule has 0 aliphatic carbocycles. The van der Waals surface area contributed by atoms with E-state index in [4.69, 9.17) is 27.9 Å². The maximum Gasteiger partial charge on any atom is 0.411 e. The van der Waals surface area contributed by atoms with Gasteiger partial charge in [0.25, 0.3) is 0 Å². The zero-order valence-electron chi connectivity index (χ0n) is 12.0. The lowest BCUT2D eigenvalue weighted by Gasteiger charge is -2.11. The fraction of sp³-hybridized carbons (Fsp3) is 0.200. The number of pyridine rings is 1. The number of carbonyl (C=O) groups excluding carboxylic acids is 1. The molecule has 0 atom stereocenters. The SMILES string of the molecule is COC(=O)Nc1ccc(OCc2ccc(Cl)nc2Cl)cc1C. The maximum atomic E-state index is 11.2. The van der Waals surface area contributed by atoms with Crippen molar-refractivity contribution in [2.24, 2.45) is 0 Å². The van der Waals surface area contributed by atoms with Crippen LogP contribution in [0.15, 0.2) is 30.3 Å². The van der Waals surface area contributed by atoms with Crippen LogP contribution < -0.4 is 10.1 Å². The van der Waals surface area contributed by atoms with Crippen LogP contribution in [0.2, 0.25) is 10.3 Å². The Kier molecular flexibility index (Phi) is 5.46. The Bertz CT molecular complexity index is 692. The molecule has 7 heteroatoms. The van der Waals surface area contributed by atoms with Gasteiger partial charge in [-0.1, -0.05) is 23.2 Å². The molecule has 0 saturated heterocycles. The van der Waals surface area contributed by atoms with Gasteiger partial charge in [0.05, 0.1) is 7.11 Å². The molecule has 1 N–H and O–H groups in total. The quantitative estimate of drug-likeness (QED) is 0.835. The summed E-state index contributed by atoms with van der Waals surface area (Å²) in [6.07, 6.45) is -0.518. The van der Waals surface area contributed by atoms with Crippen LogP contribution in [-0.4, -0.2) is 18.2 Å². The second-order valence-electron chi connectivity index (χ2n) is 4.47. The first kappa shape index (κ1) is 16.4. The van der Waals surface area contributed by atoms with Crippen LogP contribution in [0.1, 0.15) is 11.1 Å². The highest BCUT2D eigenvalue weighted by molar-refractivity contribution is 6.32. The molecule has 0 spiro atoms. The van der Waals surface area contributed by atoms with Crippen LogP contribution in [0.25, 0.3) is 0 Å². The second kappa shape index (κ2) is 7.33. The number of amides is 1. The second-order valence-corrected chi connectivity index (χ2v) is 5.21. The molecule has 0 aliphatic rings. The van der Waals surface area contributed by atoms with Crippen LogP contribution in [0.3, 0.4) is 0 Å². The van der Waals surface area contributed by atoms with E-state index in [9.17, 15) is 4.79 Å². The van der Waals surface area contributed by atoms with Crippen molar-refractivity contribution in [3.05, 3.63) is 51.8 Å². The molecule has 22 heavy (non-hydrogen) atoms. The van der Waals surface area contributed by atoms with E-state index in [-0.39, 0.29) is 6.61 Å². The summed E-state index contributed by atoms with van der Waals surface area (Å²) in [6.45, 7) is 2.13. The van der Waals surface area contributed by atoms with E-state index in [0.29, 0.717) is 21.7 Å². The Morgan fingerprint density at radius 2 is 2.05 bits per heavy atom. The summed E-state index contributed by atoms with van der Waals surface area (Å²) in [4.78, 5) is 15.1. The molecule has 1 aromatic carbocycles. The van der Waals surface area contributed by atoms with Gasteiger partial charge in [-0.3, -0.25) is 5.32 Å². The standard InChI is InChI=1S/C15H14Cl2N2O3/c1-9-7-11(4-5-12(9)18-15(20)21-2)22-8-10-3-6-13(16)19-14(10)17/h3-7H,8H2,1-2H3,(H,18,20). The average Bonchev–Trinajstić information content (AvgIpc) is 2.48. The summed E-state index contributed by atoms with van der Waals surface area (Å²) in [7, 11) is 1.31. The fourth-order valence-corrected chi connectivity index (χ4v) is 2.14. The van der Waals surface area contributed by atoms with Gasteiger partial charge in [-0.05, 0) is 42.8 Å². The normalized spacial score (nSPS) is 10.2. The smallest absolute Gasteiger partial charge is 0.411 e. The molecule has 0 unspecified atom stereocenters. The molecule has 2 aromatic rings. The molecule has 0 fully saturated rings. The van der Waals surface area contributed by atoms with Gasteiger partial charge >= 0.3 is 6.09 Å². The van der Waals surface area contributed by atoms with Crippen molar-refractivity contribution >= 4 is 35.0 Å². The Morgan fingerprint density at radius 1 is 1.27 bits per heavy atom. The number of benzene rings is 1. The van der Waals surface area contributed by atoms with E-state index < -0.39 is 6.09 Å². The molecule has 5 nitrogen and oxygen atoms in total. The highest BCUT2D eigenvalue weighted by Crippen LogP contribution is 2.24. The predicted molar refractivity (Wildman–Crippen MR) is 85.8 cm³/mol. The van der Waals surface area contributed by atoms with Gasteiger partial charge < -0.3 is 9.47 Å². The summed E-state index contributed by atoms with van der Waals surface area (Å²) in [5.41, 5.74) is 2.24. The van der Waals surface area contributed by atoms with Crippen LogP contribution in [-0.2, 0) is 11.3 Å². The minimum absolute atomic E-state index is 0.270. The largest absolute Gasteiger partial charge is 0.489 e. The Balaban J connectivity index is 2.04. The van der Waals surface area contributed by atoms with Gasteiger partial charge in [0, 0.05) is 11.3 Å². The van der Waals surface area contributed by atoms with Gasteiger partial charge in [-0.2, -0.15) is 0 Å². The minimum Gasteiger partial charge on any atom is -0.489 e. The van der Waals surface area contributed by atoms with Gasteiger partial charge in [0.2, 0.25) is 0 Å². The molecule has 1 aromatic heterocycles. The number of aryl methyl sites for hydroxylation is 1. The number of aromatic nitrogens is 1. The first-order chi connectivity index (χ1) is 10.5. The number of hydrogen-bond donors (Lipinski definition) is 1. The zero-order chi connectivity index (χ0) is 16.1. The number of rotatable bonds is 4. The monoisotopic (exact) mass is 340 g/mol. The molecule has 0 aliphatic heterocycles. The Morgan fingerprint density at radius 3 is 2.68 bits per heavy atom. The van der Waals surface area contributed by atoms with Crippen LogP contribution in [0, 0.1) is 6.92 Å². The molecule has 0 saturated carbocycles. The minimum atomic E-state index is -0.518. The number of nitrogens with one attached hydrogen (secondary N) is 1. The molecule has 0 radical (unpaired) electrons. The van der Waals surface area contributed by atoms with Gasteiger partial charge in [-0.25, -0.2) is 9.78 Å². The van der Waals surface area contributed by atoms with Gasteiger partial charge in [0.1, 0.15) is 22.7 Å². The van der Waals surface area contributed by atoms with E-state index in [1.807, 2.05) is 13.0 Å². The predicted octanol–water partition coefficient (Wildman–Crippen LogP) is 4.45. The van der Waals surface area contributed by atoms with Crippen molar-refractivity contribution < 1.29 is 14.3 Å². The lowest BCUT2D eigenvalue weighted by atomic mass is 10.2. The van der Waals surface area contributed by atoms with Crippen molar-refractivity contribution in [3.8, 4) is 5.75 Å². The van der Waals surface area contributed by atoms with E-state index in [1.54, 1.807) is 24.3 Å². The number of ether oxygens (including phenoxy) is 2. The summed E-state index contributed by atoms with van der Waals surface area (Å²) in [6, 6.07) is 8.71. The van der Waals surface area contributed by atoms with Crippen molar-refractivity contribution in [3.63, 3.8) is 0 Å². The highest BCUT2D eigenvalue weighted by Gasteiger charge is 2.07. The molecular weight excluding hydrogens is 327 g/mol. The third-order valence-electron chi connectivity index (χ3n) is 2.91. The van der Waals surface area contributed by atoms with Crippen LogP contribution in [0.4, 0.5) is 10.5 Å². The summed E-state index contributed by atoms with van der Waals surface area (Å²) >= 11 is 11.7. The number of anilines is 1. The molecule has 116 valence electrons. The number of methoxy groups -OCH3 is 1. The number of hydrogen-bond acceptors (Lipinski definition) is 4. The van der Waals surface area contributed by atoms with E-state index >= 15 is 0 Å². The molecule has 2 rings (SSSR count). The molecule has 0 bridgehead atoms. The average molecular weight is 341 g/mol. The number of halogens is 2. The van der Waals surface area contributed by atoms with Gasteiger partial charge in [-0.15, -0.1) is 0 Å². The lowest BCUT2D eigenvalue weighted by molar-refractivity contribution is 0.187. The Labute approximate surface area is 138 Å². The van der Waals surface area contributed by atoms with Crippen molar-refractivity contribution in [1.82, 2.24) is 4.98 Å². The van der Waals surface area contributed by atoms with E-state index in [2.05, 4.69) is 15.0 Å². The first-order valence-corrected chi connectivity index (χ1v) is 7.14. The third-order valence-corrected chi connectivity index (χ3v) is 3.44. The maximum absolute atomic E-state index is 11.2. The van der Waals surface area contributed by atoms with Crippen molar-refractivity contribution in [1.29, 1.82) is 0 Å². The van der Waals surface area contributed by atoms with E-state index in [0.717, 1.165) is 11.1 Å². The zero-order valence-corrected chi connectivity index (χ0v) is 13.5. The molecular formula is C15H14Cl2N2O3. The van der Waals surface area contributed by atoms with Crippen molar-refractivity contribution in [2.45, 2.75) is 13.5 Å². The Hall–Kier alpha value is -1.98. The first-order valence-electron chi connectivity index (χ1n) is 6.39. The van der Waals surface area contributed by atoms with Crippen molar-refractivity contribution in [2.75, 3.05) is 12.4 Å². The summed E-state index contributed by atoms with van der Waals surface area (Å²) < 4.78 is 10.2. The van der Waals surface area contributed by atoms with Gasteiger partial charge in [0.15, 0.2) is 0 Å². The van der Waals surface area contributed by atoms with Crippen LogP contribution >= 0.6 is 23.2 Å². The van der Waals surface area contributed by atoms with E-state index in [1.165, 1.54) is 7.11 Å².